The van der Waals surface area contributed by atoms with Gasteiger partial charge in [0.1, 0.15) is 6.04 Å². The lowest BCUT2D eigenvalue weighted by atomic mass is 9.87. The van der Waals surface area contributed by atoms with E-state index in [1.165, 1.54) is 12.1 Å². The van der Waals surface area contributed by atoms with Crippen LogP contribution < -0.4 is 4.72 Å². The van der Waals surface area contributed by atoms with Gasteiger partial charge in [-0.1, -0.05) is 52.7 Å². The van der Waals surface area contributed by atoms with Crippen LogP contribution >= 0.6 is 0 Å². The van der Waals surface area contributed by atoms with Gasteiger partial charge in [-0.15, -0.1) is 0 Å². The first-order chi connectivity index (χ1) is 10.1. The number of carbonyl (C=O) groups is 1. The van der Waals surface area contributed by atoms with E-state index in [0.717, 1.165) is 5.56 Å². The summed E-state index contributed by atoms with van der Waals surface area (Å²) in [6.07, 6.45) is 1.33. The fourth-order valence-corrected chi connectivity index (χ4v) is 3.19. The van der Waals surface area contributed by atoms with Crippen molar-refractivity contribution >= 4 is 16.0 Å². The van der Waals surface area contributed by atoms with Crippen molar-refractivity contribution in [1.29, 1.82) is 0 Å². The molecule has 1 atom stereocenters. The van der Waals surface area contributed by atoms with E-state index in [0.29, 0.717) is 12.8 Å². The molecule has 0 heterocycles. The number of hydrogen-bond donors (Lipinski definition) is 2. The van der Waals surface area contributed by atoms with E-state index < -0.39 is 22.0 Å². The zero-order valence-electron chi connectivity index (χ0n) is 13.3. The van der Waals surface area contributed by atoms with Crippen LogP contribution in [0.3, 0.4) is 0 Å². The van der Waals surface area contributed by atoms with Gasteiger partial charge in [-0.2, -0.15) is 4.72 Å². The molecule has 5 nitrogen and oxygen atoms in total. The molecule has 1 radical (unpaired) electrons. The summed E-state index contributed by atoms with van der Waals surface area (Å²) in [7, 11) is -3.85. The maximum absolute atomic E-state index is 12.3. The van der Waals surface area contributed by atoms with E-state index in [-0.39, 0.29) is 16.7 Å². The third-order valence-electron chi connectivity index (χ3n) is 3.37. The zero-order valence-corrected chi connectivity index (χ0v) is 14.1. The number of benzene rings is 1. The first-order valence-corrected chi connectivity index (χ1v) is 8.71. The Hall–Kier alpha value is -1.40. The molecule has 1 aromatic rings. The number of aliphatic carboxylic acids is 1. The van der Waals surface area contributed by atoms with Crippen molar-refractivity contribution in [2.45, 2.75) is 56.4 Å². The second kappa shape index (κ2) is 7.24. The highest BCUT2D eigenvalue weighted by Gasteiger charge is 2.25. The Kier molecular flexibility index (Phi) is 6.14. The van der Waals surface area contributed by atoms with E-state index in [1.807, 2.05) is 20.8 Å². The van der Waals surface area contributed by atoms with E-state index in [2.05, 4.69) is 11.6 Å². The quantitative estimate of drug-likeness (QED) is 0.807. The van der Waals surface area contributed by atoms with Crippen molar-refractivity contribution in [1.82, 2.24) is 4.72 Å². The number of sulfonamides is 1. The van der Waals surface area contributed by atoms with Crippen LogP contribution in [0.4, 0.5) is 0 Å². The highest BCUT2D eigenvalue weighted by Crippen LogP contribution is 2.23. The SMILES string of the molecule is [CH2]CCCC(NS(=O)(=O)c1ccc(C(C)(C)C)cc1)C(=O)O. The normalized spacial score (nSPS) is 13.8. The number of carboxylic acids is 1. The fourth-order valence-electron chi connectivity index (χ4n) is 1.97. The van der Waals surface area contributed by atoms with Crippen molar-refractivity contribution in [3.8, 4) is 0 Å². The summed E-state index contributed by atoms with van der Waals surface area (Å²) in [6.45, 7) is 9.74. The minimum atomic E-state index is -3.85. The standard InChI is InChI=1S/C16H24NO4S/c1-5-6-7-14(15(18)19)17-22(20,21)13-10-8-12(9-11-13)16(2,3)4/h8-11,14,17H,1,5-7H2,2-4H3,(H,18,19). The summed E-state index contributed by atoms with van der Waals surface area (Å²) < 4.78 is 26.8. The number of hydrogen-bond acceptors (Lipinski definition) is 3. The van der Waals surface area contributed by atoms with Crippen molar-refractivity contribution in [3.05, 3.63) is 36.8 Å². The summed E-state index contributed by atoms with van der Waals surface area (Å²) in [6, 6.07) is 5.38. The third kappa shape index (κ3) is 5.10. The molecule has 0 fully saturated rings. The Bertz CT molecular complexity index is 600. The Labute approximate surface area is 132 Å². The average Bonchev–Trinajstić information content (AvgIpc) is 2.42. The average molecular weight is 326 g/mol. The molecule has 0 bridgehead atoms. The van der Waals surface area contributed by atoms with Crippen LogP contribution in [0.2, 0.25) is 0 Å². The highest BCUT2D eigenvalue weighted by atomic mass is 32.2. The highest BCUT2D eigenvalue weighted by molar-refractivity contribution is 7.89. The largest absolute Gasteiger partial charge is 0.480 e. The molecular weight excluding hydrogens is 302 g/mol. The minimum Gasteiger partial charge on any atom is -0.480 e. The van der Waals surface area contributed by atoms with Gasteiger partial charge >= 0.3 is 5.97 Å². The molecule has 0 aliphatic rings. The lowest BCUT2D eigenvalue weighted by Crippen LogP contribution is -2.40. The van der Waals surface area contributed by atoms with E-state index in [9.17, 15) is 13.2 Å². The molecule has 0 aliphatic carbocycles. The number of nitrogens with one attached hydrogen (secondary N) is 1. The fraction of sp³-hybridized carbons (Fsp3) is 0.500. The summed E-state index contributed by atoms with van der Waals surface area (Å²) >= 11 is 0. The van der Waals surface area contributed by atoms with Crippen molar-refractivity contribution in [3.63, 3.8) is 0 Å². The number of rotatable bonds is 7. The van der Waals surface area contributed by atoms with Crippen LogP contribution in [0.15, 0.2) is 29.2 Å². The Morgan fingerprint density at radius 1 is 1.27 bits per heavy atom. The molecule has 0 saturated heterocycles. The van der Waals surface area contributed by atoms with Gasteiger partial charge in [0, 0.05) is 0 Å². The summed E-state index contributed by atoms with van der Waals surface area (Å²) in [5, 5.41) is 9.11. The Morgan fingerprint density at radius 2 is 1.82 bits per heavy atom. The van der Waals surface area contributed by atoms with Gasteiger partial charge in [-0.3, -0.25) is 4.79 Å². The molecule has 123 valence electrons. The summed E-state index contributed by atoms with van der Waals surface area (Å²) in [5.41, 5.74) is 0.936. The smallest absolute Gasteiger partial charge is 0.321 e. The lowest BCUT2D eigenvalue weighted by molar-refractivity contribution is -0.139. The molecule has 1 unspecified atom stereocenters. The van der Waals surface area contributed by atoms with Crippen LogP contribution in [0.1, 0.15) is 45.6 Å². The predicted molar refractivity (Wildman–Crippen MR) is 86.1 cm³/mol. The molecule has 0 aromatic heterocycles. The zero-order chi connectivity index (χ0) is 17.0. The minimum absolute atomic E-state index is 0.0707. The van der Waals surface area contributed by atoms with Gasteiger partial charge in [0.2, 0.25) is 10.0 Å². The second-order valence-corrected chi connectivity index (χ2v) is 8.00. The van der Waals surface area contributed by atoms with Gasteiger partial charge in [-0.25, -0.2) is 8.42 Å². The van der Waals surface area contributed by atoms with Crippen molar-refractivity contribution in [2.75, 3.05) is 0 Å². The van der Waals surface area contributed by atoms with Crippen LogP contribution in [0.25, 0.3) is 0 Å². The molecule has 6 heteroatoms. The van der Waals surface area contributed by atoms with Crippen molar-refractivity contribution in [2.24, 2.45) is 0 Å². The van der Waals surface area contributed by atoms with Crippen LogP contribution in [-0.2, 0) is 20.2 Å². The van der Waals surface area contributed by atoms with E-state index in [1.54, 1.807) is 12.1 Å². The van der Waals surface area contributed by atoms with Gasteiger partial charge in [-0.05, 0) is 29.5 Å². The first kappa shape index (κ1) is 18.6. The molecule has 2 N–H and O–H groups in total. The molecule has 1 aromatic carbocycles. The van der Waals surface area contributed by atoms with Crippen LogP contribution in [-0.4, -0.2) is 25.5 Å². The molecule has 0 amide bonds. The summed E-state index contributed by atoms with van der Waals surface area (Å²) in [4.78, 5) is 11.2. The molecular formula is C16H24NO4S. The second-order valence-electron chi connectivity index (χ2n) is 6.28. The van der Waals surface area contributed by atoms with E-state index >= 15 is 0 Å². The molecule has 0 aliphatic heterocycles. The van der Waals surface area contributed by atoms with Gasteiger partial charge in [0.05, 0.1) is 4.90 Å². The predicted octanol–water partition coefficient (Wildman–Crippen LogP) is 2.72. The van der Waals surface area contributed by atoms with Crippen LogP contribution in [0.5, 0.6) is 0 Å². The number of carboxylic acid groups (broad SMARTS) is 1. The number of unbranched alkanes of at least 4 members (excludes halogenated alkanes) is 1. The molecule has 0 saturated carbocycles. The molecule has 0 spiro atoms. The Balaban J connectivity index is 2.96. The van der Waals surface area contributed by atoms with Crippen LogP contribution in [0, 0.1) is 6.92 Å². The lowest BCUT2D eigenvalue weighted by Gasteiger charge is -2.19. The molecule has 22 heavy (non-hydrogen) atoms. The monoisotopic (exact) mass is 326 g/mol. The Morgan fingerprint density at radius 3 is 2.23 bits per heavy atom. The topological polar surface area (TPSA) is 83.5 Å². The van der Waals surface area contributed by atoms with Crippen molar-refractivity contribution < 1.29 is 18.3 Å². The van der Waals surface area contributed by atoms with Gasteiger partial charge in [0.15, 0.2) is 0 Å². The van der Waals surface area contributed by atoms with E-state index in [4.69, 9.17) is 5.11 Å². The maximum Gasteiger partial charge on any atom is 0.321 e. The van der Waals surface area contributed by atoms with Gasteiger partial charge in [0.25, 0.3) is 0 Å². The third-order valence-corrected chi connectivity index (χ3v) is 4.86. The maximum atomic E-state index is 12.3. The summed E-state index contributed by atoms with van der Waals surface area (Å²) in [5.74, 6) is -1.18. The van der Waals surface area contributed by atoms with Gasteiger partial charge < -0.3 is 5.11 Å². The first-order valence-electron chi connectivity index (χ1n) is 7.23. The molecule has 1 rings (SSSR count).